The van der Waals surface area contributed by atoms with Crippen molar-refractivity contribution in [3.05, 3.63) is 30.6 Å². The number of carbonyl (C=O) groups is 2. The molecule has 1 atom stereocenters. The van der Waals surface area contributed by atoms with Gasteiger partial charge >= 0.3 is 0 Å². The van der Waals surface area contributed by atoms with Crippen LogP contribution in [0.1, 0.15) is 29.4 Å². The second-order valence-corrected chi connectivity index (χ2v) is 4.54. The number of hydrogen-bond donors (Lipinski definition) is 1. The number of likely N-dealkylation sites (tertiary alicyclic amines) is 1. The monoisotopic (exact) mass is 262 g/mol. The first-order valence-corrected chi connectivity index (χ1v) is 6.34. The van der Waals surface area contributed by atoms with Gasteiger partial charge in [-0.1, -0.05) is 6.58 Å². The third kappa shape index (κ3) is 2.83. The summed E-state index contributed by atoms with van der Waals surface area (Å²) in [6, 6.07) is 1.81. The van der Waals surface area contributed by atoms with Gasteiger partial charge in [-0.3, -0.25) is 14.3 Å². The fraction of sp³-hybridized carbons (Fsp3) is 0.462. The molecule has 0 aliphatic carbocycles. The summed E-state index contributed by atoms with van der Waals surface area (Å²) in [4.78, 5) is 24.8. The van der Waals surface area contributed by atoms with Crippen molar-refractivity contribution in [1.29, 1.82) is 0 Å². The highest BCUT2D eigenvalue weighted by molar-refractivity contribution is 5.91. The zero-order valence-electron chi connectivity index (χ0n) is 11.0. The summed E-state index contributed by atoms with van der Waals surface area (Å²) in [5.41, 5.74) is 0.398. The van der Waals surface area contributed by atoms with E-state index >= 15 is 0 Å². The van der Waals surface area contributed by atoms with Crippen LogP contribution in [0, 0.1) is 0 Å². The molecule has 1 aliphatic heterocycles. The largest absolute Gasteiger partial charge is 0.354 e. The van der Waals surface area contributed by atoms with Gasteiger partial charge < -0.3 is 10.2 Å². The number of aromatic nitrogens is 2. The molecule has 1 fully saturated rings. The Kier molecular flexibility index (Phi) is 3.99. The summed E-state index contributed by atoms with van der Waals surface area (Å²) < 4.78 is 1.77. The minimum atomic E-state index is -0.200. The zero-order valence-corrected chi connectivity index (χ0v) is 11.0. The Morgan fingerprint density at radius 2 is 2.37 bits per heavy atom. The van der Waals surface area contributed by atoms with E-state index in [4.69, 9.17) is 0 Å². The molecule has 0 radical (unpaired) electrons. The van der Waals surface area contributed by atoms with Crippen molar-refractivity contribution >= 4 is 11.8 Å². The first-order valence-electron chi connectivity index (χ1n) is 6.34. The second-order valence-electron chi connectivity index (χ2n) is 4.54. The Balaban J connectivity index is 2.09. The molecule has 2 heterocycles. The molecule has 6 nitrogen and oxygen atoms in total. The quantitative estimate of drug-likeness (QED) is 0.811. The molecule has 102 valence electrons. The van der Waals surface area contributed by atoms with Gasteiger partial charge in [-0.15, -0.1) is 0 Å². The molecule has 0 bridgehead atoms. The van der Waals surface area contributed by atoms with Crippen LogP contribution in [0.5, 0.6) is 0 Å². The van der Waals surface area contributed by atoms with Gasteiger partial charge in [0.05, 0.1) is 6.04 Å². The minimum absolute atomic E-state index is 0.0524. The van der Waals surface area contributed by atoms with Gasteiger partial charge in [0.25, 0.3) is 5.91 Å². The summed E-state index contributed by atoms with van der Waals surface area (Å²) in [5, 5.41) is 6.81. The van der Waals surface area contributed by atoms with E-state index < -0.39 is 0 Å². The summed E-state index contributed by atoms with van der Waals surface area (Å²) in [7, 11) is 1.58. The van der Waals surface area contributed by atoms with Crippen LogP contribution in [0.15, 0.2) is 24.9 Å². The Bertz CT molecular complexity index is 495. The lowest BCUT2D eigenvalue weighted by molar-refractivity contribution is -0.127. The highest BCUT2D eigenvalue weighted by Crippen LogP contribution is 2.21. The van der Waals surface area contributed by atoms with Crippen molar-refractivity contribution in [1.82, 2.24) is 20.0 Å². The van der Waals surface area contributed by atoms with Crippen LogP contribution in [0.4, 0.5) is 0 Å². The molecule has 6 heteroatoms. The number of piperidine rings is 1. The lowest BCUT2D eigenvalue weighted by Crippen LogP contribution is -2.40. The van der Waals surface area contributed by atoms with Crippen LogP contribution in [-0.2, 0) is 4.79 Å². The molecular weight excluding hydrogens is 244 g/mol. The minimum Gasteiger partial charge on any atom is -0.354 e. The maximum absolute atomic E-state index is 11.6. The molecule has 0 aromatic carbocycles. The number of nitrogens with zero attached hydrogens (tertiary/aromatic N) is 3. The lowest BCUT2D eigenvalue weighted by atomic mass is 10.1. The van der Waals surface area contributed by atoms with E-state index in [2.05, 4.69) is 17.0 Å². The fourth-order valence-electron chi connectivity index (χ4n) is 2.29. The smallest absolute Gasteiger partial charge is 0.271 e. The molecule has 1 aromatic rings. The Morgan fingerprint density at radius 1 is 1.58 bits per heavy atom. The number of rotatable bonds is 3. The predicted octanol–water partition coefficient (Wildman–Crippen LogP) is 0.592. The summed E-state index contributed by atoms with van der Waals surface area (Å²) in [6.07, 6.45) is 5.01. The van der Waals surface area contributed by atoms with Crippen molar-refractivity contribution in [2.45, 2.75) is 18.9 Å². The number of nitrogens with one attached hydrogen (secondary N) is 1. The molecule has 1 aromatic heterocycles. The molecule has 1 saturated heterocycles. The first kappa shape index (κ1) is 13.3. The summed E-state index contributed by atoms with van der Waals surface area (Å²) in [6.45, 7) is 4.87. The summed E-state index contributed by atoms with van der Waals surface area (Å²) in [5.74, 6) is -0.253. The first-order chi connectivity index (χ1) is 9.15. The van der Waals surface area contributed by atoms with Crippen molar-refractivity contribution < 1.29 is 9.59 Å². The van der Waals surface area contributed by atoms with E-state index in [-0.39, 0.29) is 17.9 Å². The van der Waals surface area contributed by atoms with E-state index in [9.17, 15) is 9.59 Å². The van der Waals surface area contributed by atoms with Crippen LogP contribution < -0.4 is 5.32 Å². The van der Waals surface area contributed by atoms with Gasteiger partial charge in [0.1, 0.15) is 5.69 Å². The van der Waals surface area contributed by atoms with Crippen LogP contribution in [-0.4, -0.2) is 46.6 Å². The summed E-state index contributed by atoms with van der Waals surface area (Å²) >= 11 is 0. The van der Waals surface area contributed by atoms with Crippen molar-refractivity contribution in [2.24, 2.45) is 0 Å². The maximum Gasteiger partial charge on any atom is 0.271 e. The molecule has 1 unspecified atom stereocenters. The Hall–Kier alpha value is -2.11. The van der Waals surface area contributed by atoms with Gasteiger partial charge in [-0.25, -0.2) is 0 Å². The molecule has 2 amide bonds. The van der Waals surface area contributed by atoms with E-state index in [1.165, 1.54) is 6.08 Å². The molecular formula is C13H18N4O2. The third-order valence-corrected chi connectivity index (χ3v) is 3.32. The molecule has 1 N–H and O–H groups in total. The molecule has 0 saturated carbocycles. The molecule has 19 heavy (non-hydrogen) atoms. The highest BCUT2D eigenvalue weighted by Gasteiger charge is 2.24. The standard InChI is InChI=1S/C13H18N4O2/c1-3-12(18)16-7-4-5-10(9-16)17-8-6-11(15-17)13(19)14-2/h3,6,8,10H,1,4-5,7,9H2,2H3,(H,14,19). The lowest BCUT2D eigenvalue weighted by Gasteiger charge is -2.32. The average Bonchev–Trinajstić information content (AvgIpc) is 2.95. The Morgan fingerprint density at radius 3 is 3.05 bits per heavy atom. The number of amides is 2. The Labute approximate surface area is 112 Å². The van der Waals surface area contributed by atoms with Gasteiger partial charge in [0.2, 0.25) is 5.91 Å². The van der Waals surface area contributed by atoms with E-state index in [1.54, 1.807) is 28.9 Å². The van der Waals surface area contributed by atoms with Crippen LogP contribution in [0.2, 0.25) is 0 Å². The SMILES string of the molecule is C=CC(=O)N1CCCC(n2ccc(C(=O)NC)n2)C1. The van der Waals surface area contributed by atoms with Crippen LogP contribution >= 0.6 is 0 Å². The number of hydrogen-bond acceptors (Lipinski definition) is 3. The average molecular weight is 262 g/mol. The molecule has 0 spiro atoms. The fourth-order valence-corrected chi connectivity index (χ4v) is 2.29. The normalized spacial score (nSPS) is 19.0. The van der Waals surface area contributed by atoms with E-state index in [0.29, 0.717) is 12.2 Å². The predicted molar refractivity (Wildman–Crippen MR) is 70.7 cm³/mol. The topological polar surface area (TPSA) is 67.2 Å². The van der Waals surface area contributed by atoms with Crippen LogP contribution in [0.25, 0.3) is 0 Å². The second kappa shape index (κ2) is 5.69. The number of carbonyl (C=O) groups excluding carboxylic acids is 2. The third-order valence-electron chi connectivity index (χ3n) is 3.32. The van der Waals surface area contributed by atoms with E-state index in [1.807, 2.05) is 0 Å². The highest BCUT2D eigenvalue weighted by atomic mass is 16.2. The zero-order chi connectivity index (χ0) is 13.8. The van der Waals surface area contributed by atoms with Gasteiger partial charge in [-0.2, -0.15) is 5.10 Å². The van der Waals surface area contributed by atoms with Gasteiger partial charge in [0, 0.05) is 26.3 Å². The van der Waals surface area contributed by atoms with Gasteiger partial charge in [0.15, 0.2) is 0 Å². The van der Waals surface area contributed by atoms with Crippen molar-refractivity contribution in [3.63, 3.8) is 0 Å². The van der Waals surface area contributed by atoms with E-state index in [0.717, 1.165) is 19.4 Å². The van der Waals surface area contributed by atoms with Crippen molar-refractivity contribution in [3.8, 4) is 0 Å². The van der Waals surface area contributed by atoms with Crippen LogP contribution in [0.3, 0.4) is 0 Å². The van der Waals surface area contributed by atoms with Gasteiger partial charge in [-0.05, 0) is 25.0 Å². The molecule has 1 aliphatic rings. The molecule has 2 rings (SSSR count). The van der Waals surface area contributed by atoms with Crippen molar-refractivity contribution in [2.75, 3.05) is 20.1 Å². The maximum atomic E-state index is 11.6.